The van der Waals surface area contributed by atoms with Gasteiger partial charge in [0.25, 0.3) is 5.56 Å². The van der Waals surface area contributed by atoms with E-state index in [4.69, 9.17) is 4.74 Å². The summed E-state index contributed by atoms with van der Waals surface area (Å²) in [5.74, 6) is 0.535. The molecule has 0 N–H and O–H groups in total. The van der Waals surface area contributed by atoms with Crippen molar-refractivity contribution in [3.8, 4) is 22.7 Å². The lowest BCUT2D eigenvalue weighted by molar-refractivity contribution is 0.294. The van der Waals surface area contributed by atoms with Crippen LogP contribution in [-0.2, 0) is 13.0 Å². The van der Waals surface area contributed by atoms with E-state index in [9.17, 15) is 4.79 Å². The first-order chi connectivity index (χ1) is 16.2. The van der Waals surface area contributed by atoms with Crippen LogP contribution in [0.3, 0.4) is 0 Å². The van der Waals surface area contributed by atoms with Gasteiger partial charge < -0.3 is 4.74 Å². The number of hydrogen-bond acceptors (Lipinski definition) is 4. The minimum Gasteiger partial charge on any atom is -0.473 e. The number of aryl methyl sites for hydroxylation is 1. The average molecular weight is 434 g/mol. The minimum atomic E-state index is -0.109. The lowest BCUT2D eigenvalue weighted by Gasteiger charge is -2.14. The summed E-state index contributed by atoms with van der Waals surface area (Å²) >= 11 is 0. The summed E-state index contributed by atoms with van der Waals surface area (Å²) < 4.78 is 7.53. The number of fused-ring (bicyclic) bond motifs is 1. The van der Waals surface area contributed by atoms with Crippen LogP contribution in [0.4, 0.5) is 0 Å². The fraction of sp³-hybridized carbons (Fsp3) is 0.107. The molecule has 0 bridgehead atoms. The van der Waals surface area contributed by atoms with Crippen LogP contribution < -0.4 is 10.3 Å². The smallest absolute Gasteiger partial charge is 0.255 e. The average Bonchev–Trinajstić information content (AvgIpc) is 2.87. The second kappa shape index (κ2) is 9.09. The first-order valence-electron chi connectivity index (χ1n) is 10.9. The summed E-state index contributed by atoms with van der Waals surface area (Å²) in [6.45, 7) is 2.39. The molecule has 5 rings (SSSR count). The fourth-order valence-electron chi connectivity index (χ4n) is 3.87. The van der Waals surface area contributed by atoms with Crippen molar-refractivity contribution in [2.45, 2.75) is 20.0 Å². The normalized spacial score (nSPS) is 10.9. The van der Waals surface area contributed by atoms with Crippen molar-refractivity contribution in [1.82, 2.24) is 14.5 Å². The number of aromatic nitrogens is 3. The van der Waals surface area contributed by atoms with Gasteiger partial charge in [-0.15, -0.1) is 0 Å². The maximum atomic E-state index is 13.0. The lowest BCUT2D eigenvalue weighted by Crippen LogP contribution is -2.18. The molecule has 0 aliphatic heterocycles. The van der Waals surface area contributed by atoms with E-state index in [1.54, 1.807) is 29.2 Å². The summed E-state index contributed by atoms with van der Waals surface area (Å²) in [5, 5.41) is 1.06. The van der Waals surface area contributed by atoms with Gasteiger partial charge in [-0.25, -0.2) is 4.98 Å². The Balaban J connectivity index is 1.43. The Kier molecular flexibility index (Phi) is 5.68. The monoisotopic (exact) mass is 433 g/mol. The van der Waals surface area contributed by atoms with Gasteiger partial charge in [0.15, 0.2) is 0 Å². The molecule has 0 unspecified atom stereocenters. The molecular formula is C28H23N3O2. The van der Waals surface area contributed by atoms with Gasteiger partial charge in [-0.2, -0.15) is 0 Å². The van der Waals surface area contributed by atoms with Crippen LogP contribution >= 0.6 is 0 Å². The fourth-order valence-corrected chi connectivity index (χ4v) is 3.87. The highest BCUT2D eigenvalue weighted by Gasteiger charge is 2.10. The first kappa shape index (κ1) is 20.6. The van der Waals surface area contributed by atoms with Crippen molar-refractivity contribution in [3.63, 3.8) is 0 Å². The van der Waals surface area contributed by atoms with Crippen LogP contribution in [0, 0.1) is 0 Å². The molecule has 0 saturated carbocycles. The Labute approximate surface area is 192 Å². The zero-order valence-electron chi connectivity index (χ0n) is 18.3. The van der Waals surface area contributed by atoms with Gasteiger partial charge in [0.05, 0.1) is 11.2 Å². The van der Waals surface area contributed by atoms with E-state index in [0.29, 0.717) is 5.88 Å². The van der Waals surface area contributed by atoms with E-state index in [2.05, 4.69) is 29.0 Å². The second-order valence-corrected chi connectivity index (χ2v) is 7.82. The van der Waals surface area contributed by atoms with Crippen LogP contribution in [0.2, 0.25) is 0 Å². The quantitative estimate of drug-likeness (QED) is 0.350. The summed E-state index contributed by atoms with van der Waals surface area (Å²) in [4.78, 5) is 21.7. The van der Waals surface area contributed by atoms with Crippen LogP contribution in [0.1, 0.15) is 18.1 Å². The molecule has 0 fully saturated rings. The molecule has 5 aromatic rings. The van der Waals surface area contributed by atoms with Crippen molar-refractivity contribution in [3.05, 3.63) is 119 Å². The molecule has 5 nitrogen and oxygen atoms in total. The second-order valence-electron chi connectivity index (χ2n) is 7.82. The van der Waals surface area contributed by atoms with E-state index < -0.39 is 0 Å². The van der Waals surface area contributed by atoms with E-state index in [1.165, 1.54) is 5.56 Å². The Hall–Kier alpha value is -4.25. The highest BCUT2D eigenvalue weighted by Crippen LogP contribution is 2.27. The molecule has 0 spiro atoms. The summed E-state index contributed by atoms with van der Waals surface area (Å²) in [6, 6.07) is 25.4. The lowest BCUT2D eigenvalue weighted by atomic mass is 10.0. The van der Waals surface area contributed by atoms with Crippen LogP contribution in [0.5, 0.6) is 5.88 Å². The zero-order valence-corrected chi connectivity index (χ0v) is 18.3. The van der Waals surface area contributed by atoms with Crippen molar-refractivity contribution in [1.29, 1.82) is 0 Å². The predicted molar refractivity (Wildman–Crippen MR) is 131 cm³/mol. The molecule has 162 valence electrons. The van der Waals surface area contributed by atoms with Crippen LogP contribution in [0.25, 0.3) is 27.7 Å². The van der Waals surface area contributed by atoms with Crippen molar-refractivity contribution >= 4 is 10.9 Å². The van der Waals surface area contributed by atoms with E-state index in [-0.39, 0.29) is 12.2 Å². The molecule has 0 aliphatic rings. The SMILES string of the molecule is CCc1ccc(-n2ccc(COc3ccc4ccccc4n3)cc2=O)c(-c2ccncc2)c1. The topological polar surface area (TPSA) is 57.0 Å². The van der Waals surface area contributed by atoms with E-state index in [0.717, 1.165) is 39.7 Å². The number of ether oxygens (including phenoxy) is 1. The van der Waals surface area contributed by atoms with E-state index in [1.807, 2.05) is 60.7 Å². The van der Waals surface area contributed by atoms with Gasteiger partial charge in [-0.05, 0) is 65.6 Å². The molecule has 0 radical (unpaired) electrons. The Morgan fingerprint density at radius 3 is 2.55 bits per heavy atom. The highest BCUT2D eigenvalue weighted by atomic mass is 16.5. The largest absolute Gasteiger partial charge is 0.473 e. The summed E-state index contributed by atoms with van der Waals surface area (Å²) in [7, 11) is 0. The van der Waals surface area contributed by atoms with Gasteiger partial charge in [-0.1, -0.05) is 31.2 Å². The molecule has 0 aliphatic carbocycles. The predicted octanol–water partition coefficient (Wildman–Crippen LogP) is 5.59. The van der Waals surface area contributed by atoms with Crippen molar-refractivity contribution < 1.29 is 4.74 Å². The number of rotatable bonds is 6. The van der Waals surface area contributed by atoms with Crippen molar-refractivity contribution in [2.24, 2.45) is 0 Å². The Bertz CT molecular complexity index is 1480. The third-order valence-electron chi connectivity index (χ3n) is 5.66. The molecule has 33 heavy (non-hydrogen) atoms. The molecule has 5 heteroatoms. The third kappa shape index (κ3) is 4.39. The molecule has 0 atom stereocenters. The Morgan fingerprint density at radius 1 is 0.879 bits per heavy atom. The molecule has 3 aromatic heterocycles. The van der Waals surface area contributed by atoms with Gasteiger partial charge in [0.1, 0.15) is 6.61 Å². The highest BCUT2D eigenvalue weighted by molar-refractivity contribution is 5.78. The van der Waals surface area contributed by atoms with Gasteiger partial charge in [-0.3, -0.25) is 14.3 Å². The van der Waals surface area contributed by atoms with Gasteiger partial charge in [0.2, 0.25) is 5.88 Å². The molecule has 0 saturated heterocycles. The van der Waals surface area contributed by atoms with Gasteiger partial charge in [0, 0.05) is 41.7 Å². The maximum absolute atomic E-state index is 13.0. The molecule has 2 aromatic carbocycles. The molecule has 3 heterocycles. The number of para-hydroxylation sites is 1. The zero-order chi connectivity index (χ0) is 22.6. The third-order valence-corrected chi connectivity index (χ3v) is 5.66. The maximum Gasteiger partial charge on any atom is 0.255 e. The van der Waals surface area contributed by atoms with Crippen molar-refractivity contribution in [2.75, 3.05) is 0 Å². The number of hydrogen-bond donors (Lipinski definition) is 0. The number of pyridine rings is 3. The van der Waals surface area contributed by atoms with Crippen LogP contribution in [0.15, 0.2) is 102 Å². The molecule has 0 amide bonds. The summed E-state index contributed by atoms with van der Waals surface area (Å²) in [5.41, 5.74) is 5.65. The minimum absolute atomic E-state index is 0.109. The van der Waals surface area contributed by atoms with Gasteiger partial charge >= 0.3 is 0 Å². The summed E-state index contributed by atoms with van der Waals surface area (Å²) in [6.07, 6.45) is 6.26. The first-order valence-corrected chi connectivity index (χ1v) is 10.9. The molecular weight excluding hydrogens is 410 g/mol. The number of benzene rings is 2. The van der Waals surface area contributed by atoms with Crippen LogP contribution in [-0.4, -0.2) is 14.5 Å². The standard InChI is InChI=1S/C28H23N3O2/c1-2-20-7-9-26(24(17-20)22-11-14-29-15-12-22)31-16-13-21(18-28(31)32)19-33-27-10-8-23-5-3-4-6-25(23)30-27/h3-18H,2,19H2,1H3. The number of nitrogens with zero attached hydrogens (tertiary/aromatic N) is 3. The van der Waals surface area contributed by atoms with E-state index >= 15 is 0 Å². The Morgan fingerprint density at radius 2 is 1.73 bits per heavy atom.